The largest absolute Gasteiger partial charge is 0.697 e. The first-order chi connectivity index (χ1) is 15.8. The molecule has 2 unspecified atom stereocenters. The van der Waals surface area contributed by atoms with Gasteiger partial charge in [-0.25, -0.2) is 0 Å². The normalized spacial score (nSPS) is 13.4. The number of thioether (sulfide) groups is 1. The van der Waals surface area contributed by atoms with Crippen LogP contribution in [0.25, 0.3) is 0 Å². The van der Waals surface area contributed by atoms with Crippen molar-refractivity contribution in [2.24, 2.45) is 0 Å². The maximum Gasteiger partial charge on any atom is 0.697 e. The van der Waals surface area contributed by atoms with E-state index in [0.717, 1.165) is 23.2 Å². The molecule has 0 radical (unpaired) electrons. The maximum atomic E-state index is 11.8. The Morgan fingerprint density at radius 1 is 0.697 bits per heavy atom. The van der Waals surface area contributed by atoms with Gasteiger partial charge in [0.2, 0.25) is 0 Å². The Hall–Kier alpha value is 0.330. The van der Waals surface area contributed by atoms with Crippen LogP contribution in [0, 0.1) is 0 Å². The van der Waals surface area contributed by atoms with Gasteiger partial charge in [0, 0.05) is 4.57 Å². The molecule has 2 atom stereocenters. The van der Waals surface area contributed by atoms with Gasteiger partial charge in [-0.1, -0.05) is 103 Å². The standard InChI is InChI=1S/C27H58NO3PS/c1-6-7-8-9-10-11-12-13-14-15-16-17-18-19-20-21-24-33-25-22-23-30-32(29)31-27(2)26-28(3,4)5/h27H,6-26H2,1-5H3/q+2. The summed E-state index contributed by atoms with van der Waals surface area (Å²) in [6.45, 7) is 5.59. The second-order valence-corrected chi connectivity index (χ2v) is 12.9. The predicted octanol–water partition coefficient (Wildman–Crippen LogP) is 9.16. The smallest absolute Gasteiger partial charge is 0.329 e. The van der Waals surface area contributed by atoms with Crippen LogP contribution in [0.4, 0.5) is 0 Å². The first kappa shape index (κ1) is 33.3. The number of unbranched alkanes of at least 4 members (excludes halogenated alkanes) is 15. The van der Waals surface area contributed by atoms with E-state index in [2.05, 4.69) is 28.1 Å². The van der Waals surface area contributed by atoms with Crippen molar-refractivity contribution < 1.29 is 18.1 Å². The van der Waals surface area contributed by atoms with Gasteiger partial charge in [-0.15, -0.1) is 9.05 Å². The van der Waals surface area contributed by atoms with Crippen molar-refractivity contribution in [2.45, 2.75) is 129 Å². The van der Waals surface area contributed by atoms with Crippen LogP contribution in [0.1, 0.15) is 123 Å². The fraction of sp³-hybridized carbons (Fsp3) is 1.00. The Balaban J connectivity index is 3.20. The molecule has 33 heavy (non-hydrogen) atoms. The molecule has 6 heteroatoms. The molecule has 0 aromatic heterocycles. The molecule has 4 nitrogen and oxygen atoms in total. The van der Waals surface area contributed by atoms with Crippen LogP contribution in [-0.4, -0.2) is 56.4 Å². The summed E-state index contributed by atoms with van der Waals surface area (Å²) in [4.78, 5) is 0. The predicted molar refractivity (Wildman–Crippen MR) is 148 cm³/mol. The van der Waals surface area contributed by atoms with Crippen molar-refractivity contribution in [3.8, 4) is 0 Å². The van der Waals surface area contributed by atoms with E-state index in [0.29, 0.717) is 6.61 Å². The summed E-state index contributed by atoms with van der Waals surface area (Å²) >= 11 is 2.00. The lowest BCUT2D eigenvalue weighted by Crippen LogP contribution is -2.40. The second-order valence-electron chi connectivity index (χ2n) is 10.7. The van der Waals surface area contributed by atoms with Gasteiger partial charge in [0.05, 0.1) is 21.1 Å². The molecular weight excluding hydrogens is 449 g/mol. The third-order valence-electron chi connectivity index (χ3n) is 5.84. The van der Waals surface area contributed by atoms with Crippen molar-refractivity contribution in [1.29, 1.82) is 0 Å². The SMILES string of the molecule is CCCCCCCCCCCCCCCCCCSCCCO[P+](=O)OC(C)C[N+](C)(C)C. The minimum Gasteiger partial charge on any atom is -0.329 e. The fourth-order valence-electron chi connectivity index (χ4n) is 4.14. The van der Waals surface area contributed by atoms with Gasteiger partial charge in [0.15, 0.2) is 6.10 Å². The van der Waals surface area contributed by atoms with E-state index in [1.807, 2.05) is 18.7 Å². The number of hydrogen-bond acceptors (Lipinski definition) is 4. The Morgan fingerprint density at radius 2 is 1.12 bits per heavy atom. The minimum absolute atomic E-state index is 0.0575. The molecule has 0 saturated carbocycles. The maximum absolute atomic E-state index is 11.8. The summed E-state index contributed by atoms with van der Waals surface area (Å²) in [5.74, 6) is 2.32. The molecule has 0 aromatic rings. The highest BCUT2D eigenvalue weighted by Gasteiger charge is 2.27. The second kappa shape index (κ2) is 24.0. The molecular formula is C27H58NO3PS+2. The van der Waals surface area contributed by atoms with E-state index in [1.165, 1.54) is 108 Å². The average molecular weight is 508 g/mol. The first-order valence-electron chi connectivity index (χ1n) is 14.0. The molecule has 0 heterocycles. The van der Waals surface area contributed by atoms with E-state index in [-0.39, 0.29) is 6.10 Å². The lowest BCUT2D eigenvalue weighted by molar-refractivity contribution is -0.873. The molecule has 0 rings (SSSR count). The van der Waals surface area contributed by atoms with Gasteiger partial charge >= 0.3 is 8.25 Å². The average Bonchev–Trinajstić information content (AvgIpc) is 2.73. The summed E-state index contributed by atoms with van der Waals surface area (Å²) in [5.41, 5.74) is 0. The molecule has 0 amide bonds. The zero-order chi connectivity index (χ0) is 24.6. The number of likely N-dealkylation sites (N-methyl/N-ethyl adjacent to an activating group) is 1. The molecule has 0 saturated heterocycles. The van der Waals surface area contributed by atoms with Gasteiger partial charge in [-0.2, -0.15) is 11.8 Å². The van der Waals surface area contributed by atoms with Gasteiger partial charge in [0.25, 0.3) is 0 Å². The lowest BCUT2D eigenvalue weighted by Gasteiger charge is -2.24. The Bertz CT molecular complexity index is 432. The van der Waals surface area contributed by atoms with Crippen LogP contribution in [0.15, 0.2) is 0 Å². The van der Waals surface area contributed by atoms with E-state index in [1.54, 1.807) is 0 Å². The molecule has 0 fully saturated rings. The van der Waals surface area contributed by atoms with Crippen LogP contribution < -0.4 is 0 Å². The van der Waals surface area contributed by atoms with Gasteiger partial charge in [-0.3, -0.25) is 0 Å². The first-order valence-corrected chi connectivity index (χ1v) is 16.3. The van der Waals surface area contributed by atoms with E-state index in [9.17, 15) is 4.57 Å². The quantitative estimate of drug-likeness (QED) is 0.0664. The zero-order valence-electron chi connectivity index (χ0n) is 23.0. The molecule has 0 aromatic carbocycles. The summed E-state index contributed by atoms with van der Waals surface area (Å²) in [5, 5.41) is 0. The highest BCUT2D eigenvalue weighted by atomic mass is 32.2. The van der Waals surface area contributed by atoms with E-state index < -0.39 is 8.25 Å². The molecule has 0 aliphatic rings. The van der Waals surface area contributed by atoms with Crippen LogP contribution in [0.5, 0.6) is 0 Å². The number of hydrogen-bond donors (Lipinski definition) is 0. The Kier molecular flexibility index (Phi) is 24.3. The summed E-state index contributed by atoms with van der Waals surface area (Å²) in [7, 11) is 4.32. The highest BCUT2D eigenvalue weighted by molar-refractivity contribution is 7.99. The summed E-state index contributed by atoms with van der Waals surface area (Å²) in [6.07, 6.45) is 23.6. The minimum atomic E-state index is -1.99. The van der Waals surface area contributed by atoms with Crippen molar-refractivity contribution >= 4 is 20.0 Å². The van der Waals surface area contributed by atoms with Gasteiger partial charge in [-0.05, 0) is 31.3 Å². The van der Waals surface area contributed by atoms with Crippen LogP contribution in [0.3, 0.4) is 0 Å². The van der Waals surface area contributed by atoms with E-state index >= 15 is 0 Å². The monoisotopic (exact) mass is 507 g/mol. The molecule has 0 bridgehead atoms. The molecule has 0 aliphatic heterocycles. The van der Waals surface area contributed by atoms with Crippen molar-refractivity contribution in [2.75, 3.05) is 45.8 Å². The Morgan fingerprint density at radius 3 is 1.58 bits per heavy atom. The van der Waals surface area contributed by atoms with Gasteiger partial charge in [0.1, 0.15) is 13.2 Å². The lowest BCUT2D eigenvalue weighted by atomic mass is 10.0. The van der Waals surface area contributed by atoms with Crippen molar-refractivity contribution in [3.05, 3.63) is 0 Å². The topological polar surface area (TPSA) is 35.5 Å². The third kappa shape index (κ3) is 28.5. The van der Waals surface area contributed by atoms with Crippen molar-refractivity contribution in [3.63, 3.8) is 0 Å². The summed E-state index contributed by atoms with van der Waals surface area (Å²) < 4.78 is 23.4. The van der Waals surface area contributed by atoms with E-state index in [4.69, 9.17) is 9.05 Å². The molecule has 198 valence electrons. The fourth-order valence-corrected chi connectivity index (χ4v) is 5.77. The Labute approximate surface area is 212 Å². The number of rotatable bonds is 26. The molecule has 0 N–H and O–H groups in total. The van der Waals surface area contributed by atoms with Crippen LogP contribution in [0.2, 0.25) is 0 Å². The molecule has 0 aliphatic carbocycles. The van der Waals surface area contributed by atoms with Crippen molar-refractivity contribution in [1.82, 2.24) is 0 Å². The number of quaternary nitrogens is 1. The highest BCUT2D eigenvalue weighted by Crippen LogP contribution is 2.27. The molecule has 0 spiro atoms. The summed E-state index contributed by atoms with van der Waals surface area (Å²) in [6, 6.07) is 0. The van der Waals surface area contributed by atoms with Crippen LogP contribution >= 0.6 is 20.0 Å². The van der Waals surface area contributed by atoms with Crippen LogP contribution in [-0.2, 0) is 13.6 Å². The number of nitrogens with zero attached hydrogens (tertiary/aromatic N) is 1. The zero-order valence-corrected chi connectivity index (χ0v) is 24.7. The third-order valence-corrected chi connectivity index (χ3v) is 7.92. The van der Waals surface area contributed by atoms with Gasteiger partial charge < -0.3 is 4.48 Å².